The second-order valence-electron chi connectivity index (χ2n) is 6.05. The number of nitrogens with zero attached hydrogens (tertiary/aromatic N) is 3. The Kier molecular flexibility index (Phi) is 5.61. The predicted octanol–water partition coefficient (Wildman–Crippen LogP) is 1.58. The Balaban J connectivity index is 1.78. The van der Waals surface area contributed by atoms with Crippen LogP contribution in [-0.4, -0.2) is 59.1 Å². The van der Waals surface area contributed by atoms with Crippen LogP contribution in [0.5, 0.6) is 0 Å². The van der Waals surface area contributed by atoms with Gasteiger partial charge in [0, 0.05) is 19.6 Å². The van der Waals surface area contributed by atoms with E-state index >= 15 is 0 Å². The monoisotopic (exact) mass is 293 g/mol. The molecule has 2 rings (SSSR count). The van der Waals surface area contributed by atoms with Crippen molar-refractivity contribution >= 4 is 11.6 Å². The maximum atomic E-state index is 12.3. The molecule has 0 unspecified atom stereocenters. The van der Waals surface area contributed by atoms with Crippen molar-refractivity contribution in [1.29, 1.82) is 0 Å². The number of nitrogens with two attached hydrogens (primary N) is 1. The fourth-order valence-corrected chi connectivity index (χ4v) is 2.90. The zero-order valence-electron chi connectivity index (χ0n) is 13.1. The Hall–Kier alpha value is -1.56. The number of hydrogen-bond acceptors (Lipinski definition) is 4. The standard InChI is InChI=1S/C15H27N5O/c1-3-4-7-19(2)11-12-5-8-20(9-6-12)15(21)14-13(16)10-17-18-14/h10,12H,3-9,11,16H2,1-2H3,(H,17,18). The van der Waals surface area contributed by atoms with Crippen molar-refractivity contribution in [2.45, 2.75) is 32.6 Å². The van der Waals surface area contributed by atoms with E-state index < -0.39 is 0 Å². The van der Waals surface area contributed by atoms with Gasteiger partial charge in [-0.15, -0.1) is 0 Å². The summed E-state index contributed by atoms with van der Waals surface area (Å²) in [6.45, 7) is 6.14. The summed E-state index contributed by atoms with van der Waals surface area (Å²) < 4.78 is 0. The van der Waals surface area contributed by atoms with Gasteiger partial charge in [0.1, 0.15) is 5.69 Å². The molecule has 0 atom stereocenters. The van der Waals surface area contributed by atoms with Crippen LogP contribution in [0.3, 0.4) is 0 Å². The Morgan fingerprint density at radius 1 is 1.52 bits per heavy atom. The number of unbranched alkanes of at least 4 members (excludes halogenated alkanes) is 1. The molecule has 1 amide bonds. The van der Waals surface area contributed by atoms with E-state index in [1.54, 1.807) is 0 Å². The van der Waals surface area contributed by atoms with Gasteiger partial charge in [-0.2, -0.15) is 5.10 Å². The highest BCUT2D eigenvalue weighted by Crippen LogP contribution is 2.20. The van der Waals surface area contributed by atoms with Gasteiger partial charge in [-0.3, -0.25) is 9.89 Å². The first-order valence-corrected chi connectivity index (χ1v) is 7.88. The van der Waals surface area contributed by atoms with Crippen LogP contribution in [0.2, 0.25) is 0 Å². The fraction of sp³-hybridized carbons (Fsp3) is 0.733. The van der Waals surface area contributed by atoms with Gasteiger partial charge < -0.3 is 15.5 Å². The Morgan fingerprint density at radius 2 is 2.24 bits per heavy atom. The second-order valence-corrected chi connectivity index (χ2v) is 6.05. The minimum atomic E-state index is -0.0252. The second kappa shape index (κ2) is 7.45. The number of carbonyl (C=O) groups excluding carboxylic acids is 1. The number of carbonyl (C=O) groups is 1. The van der Waals surface area contributed by atoms with Gasteiger partial charge in [-0.05, 0) is 38.8 Å². The highest BCUT2D eigenvalue weighted by atomic mass is 16.2. The molecule has 1 aliphatic rings. The molecule has 1 aromatic heterocycles. The number of aromatic amines is 1. The number of piperidine rings is 1. The van der Waals surface area contributed by atoms with E-state index in [9.17, 15) is 4.79 Å². The summed E-state index contributed by atoms with van der Waals surface area (Å²) >= 11 is 0. The lowest BCUT2D eigenvalue weighted by Gasteiger charge is -2.33. The third kappa shape index (κ3) is 4.20. The van der Waals surface area contributed by atoms with Crippen molar-refractivity contribution < 1.29 is 4.79 Å². The lowest BCUT2D eigenvalue weighted by atomic mass is 9.96. The number of aromatic nitrogens is 2. The Bertz CT molecular complexity index is 451. The van der Waals surface area contributed by atoms with Crippen LogP contribution in [0.15, 0.2) is 6.20 Å². The van der Waals surface area contributed by atoms with Crippen LogP contribution < -0.4 is 5.73 Å². The number of anilines is 1. The van der Waals surface area contributed by atoms with Crippen LogP contribution in [-0.2, 0) is 0 Å². The van der Waals surface area contributed by atoms with E-state index in [0.717, 1.165) is 32.5 Å². The third-order valence-corrected chi connectivity index (χ3v) is 4.25. The van der Waals surface area contributed by atoms with Crippen molar-refractivity contribution in [3.8, 4) is 0 Å². The average molecular weight is 293 g/mol. The number of hydrogen-bond donors (Lipinski definition) is 2. The first kappa shape index (κ1) is 15.8. The van der Waals surface area contributed by atoms with Crippen LogP contribution in [0.25, 0.3) is 0 Å². The van der Waals surface area contributed by atoms with E-state index in [-0.39, 0.29) is 5.91 Å². The molecule has 0 spiro atoms. The van der Waals surface area contributed by atoms with Gasteiger partial charge in [0.15, 0.2) is 0 Å². The van der Waals surface area contributed by atoms with Crippen LogP contribution in [0, 0.1) is 5.92 Å². The van der Waals surface area contributed by atoms with Crippen molar-refractivity contribution in [2.24, 2.45) is 5.92 Å². The zero-order chi connectivity index (χ0) is 15.2. The number of likely N-dealkylation sites (tertiary alicyclic amines) is 1. The summed E-state index contributed by atoms with van der Waals surface area (Å²) in [7, 11) is 2.19. The fourth-order valence-electron chi connectivity index (χ4n) is 2.90. The molecule has 1 fully saturated rings. The third-order valence-electron chi connectivity index (χ3n) is 4.25. The van der Waals surface area contributed by atoms with Gasteiger partial charge in [0.2, 0.25) is 0 Å². The van der Waals surface area contributed by atoms with E-state index in [1.165, 1.54) is 25.6 Å². The number of H-pyrrole nitrogens is 1. The highest BCUT2D eigenvalue weighted by Gasteiger charge is 2.26. The molecule has 1 aliphatic heterocycles. The summed E-state index contributed by atoms with van der Waals surface area (Å²) in [4.78, 5) is 16.6. The quantitative estimate of drug-likeness (QED) is 0.834. The molecule has 0 aliphatic carbocycles. The maximum Gasteiger partial charge on any atom is 0.274 e. The lowest BCUT2D eigenvalue weighted by molar-refractivity contribution is 0.0668. The van der Waals surface area contributed by atoms with Gasteiger partial charge >= 0.3 is 0 Å². The molecule has 6 heteroatoms. The zero-order valence-corrected chi connectivity index (χ0v) is 13.1. The summed E-state index contributed by atoms with van der Waals surface area (Å²) in [6.07, 6.45) is 6.12. The molecule has 0 aromatic carbocycles. The highest BCUT2D eigenvalue weighted by molar-refractivity contribution is 5.97. The number of amides is 1. The van der Waals surface area contributed by atoms with Gasteiger partial charge in [-0.1, -0.05) is 13.3 Å². The minimum absolute atomic E-state index is 0.0252. The van der Waals surface area contributed by atoms with E-state index in [1.807, 2.05) is 4.90 Å². The molecular weight excluding hydrogens is 266 g/mol. The van der Waals surface area contributed by atoms with Crippen molar-refractivity contribution in [3.05, 3.63) is 11.9 Å². The molecule has 21 heavy (non-hydrogen) atoms. The molecule has 1 aromatic rings. The summed E-state index contributed by atoms with van der Waals surface area (Å²) in [5.74, 6) is 0.665. The Morgan fingerprint density at radius 3 is 2.81 bits per heavy atom. The molecule has 1 saturated heterocycles. The van der Waals surface area contributed by atoms with E-state index in [2.05, 4.69) is 29.1 Å². The summed E-state index contributed by atoms with van der Waals surface area (Å²) in [6, 6.07) is 0. The van der Waals surface area contributed by atoms with E-state index in [4.69, 9.17) is 5.73 Å². The number of rotatable bonds is 6. The summed E-state index contributed by atoms with van der Waals surface area (Å²) in [5.41, 5.74) is 6.60. The summed E-state index contributed by atoms with van der Waals surface area (Å²) in [5, 5.41) is 6.51. The van der Waals surface area contributed by atoms with Gasteiger partial charge in [0.25, 0.3) is 5.91 Å². The first-order chi connectivity index (χ1) is 10.1. The normalized spacial score (nSPS) is 16.6. The molecule has 118 valence electrons. The first-order valence-electron chi connectivity index (χ1n) is 7.88. The molecule has 0 radical (unpaired) electrons. The van der Waals surface area contributed by atoms with E-state index in [0.29, 0.717) is 17.3 Å². The Labute approximate surface area is 126 Å². The van der Waals surface area contributed by atoms with Crippen LogP contribution in [0.1, 0.15) is 43.1 Å². The number of nitrogens with one attached hydrogen (secondary N) is 1. The minimum Gasteiger partial charge on any atom is -0.396 e. The van der Waals surface area contributed by atoms with Crippen molar-refractivity contribution in [3.63, 3.8) is 0 Å². The largest absolute Gasteiger partial charge is 0.396 e. The lowest BCUT2D eigenvalue weighted by Crippen LogP contribution is -2.41. The van der Waals surface area contributed by atoms with Crippen molar-refractivity contribution in [2.75, 3.05) is 39.0 Å². The molecule has 0 bridgehead atoms. The van der Waals surface area contributed by atoms with Gasteiger partial charge in [0.05, 0.1) is 11.9 Å². The molecule has 6 nitrogen and oxygen atoms in total. The van der Waals surface area contributed by atoms with Crippen molar-refractivity contribution in [1.82, 2.24) is 20.0 Å². The smallest absolute Gasteiger partial charge is 0.274 e. The molecule has 2 heterocycles. The topological polar surface area (TPSA) is 78.2 Å². The molecular formula is C15H27N5O. The predicted molar refractivity (Wildman–Crippen MR) is 84.0 cm³/mol. The average Bonchev–Trinajstić information content (AvgIpc) is 2.91. The molecule has 0 saturated carbocycles. The van der Waals surface area contributed by atoms with Crippen LogP contribution in [0.4, 0.5) is 5.69 Å². The van der Waals surface area contributed by atoms with Gasteiger partial charge in [-0.25, -0.2) is 0 Å². The SMILES string of the molecule is CCCCN(C)CC1CCN(C(=O)c2[nH]ncc2N)CC1. The van der Waals surface area contributed by atoms with Crippen LogP contribution >= 0.6 is 0 Å². The number of nitrogen functional groups attached to an aromatic ring is 1. The maximum absolute atomic E-state index is 12.3. The molecule has 3 N–H and O–H groups in total.